The molecule has 1 aromatic carbocycles. The first-order chi connectivity index (χ1) is 13.4. The standard InChI is InChI=1S/C20H25F3N2O4/c1-12(10-17(27)25-19(3)13(2)29-11-16(19)26)8-9-24-18(28)14-4-6-15(7-5-14)20(21,22)23/h4-7,12-13H,8-11H2,1-3H3,(H,24,28)(H,25,27). The minimum Gasteiger partial charge on any atom is -0.368 e. The van der Waals surface area contributed by atoms with Gasteiger partial charge in [-0.15, -0.1) is 0 Å². The molecule has 1 aliphatic rings. The summed E-state index contributed by atoms with van der Waals surface area (Å²) in [5, 5.41) is 5.37. The van der Waals surface area contributed by atoms with Crippen molar-refractivity contribution in [2.75, 3.05) is 13.2 Å². The molecule has 1 saturated heterocycles. The molecule has 9 heteroatoms. The lowest BCUT2D eigenvalue weighted by molar-refractivity contribution is -0.137. The number of carbonyl (C=O) groups excluding carboxylic acids is 3. The molecule has 1 heterocycles. The second-order valence-electron chi connectivity index (χ2n) is 7.56. The summed E-state index contributed by atoms with van der Waals surface area (Å²) in [5.74, 6) is -1.00. The Kier molecular flexibility index (Phi) is 7.05. The van der Waals surface area contributed by atoms with E-state index in [1.807, 2.05) is 6.92 Å². The predicted octanol–water partition coefficient (Wildman–Crippen LogP) is 2.71. The molecule has 3 atom stereocenters. The number of alkyl halides is 3. The monoisotopic (exact) mass is 414 g/mol. The third kappa shape index (κ3) is 5.79. The van der Waals surface area contributed by atoms with Gasteiger partial charge in [0, 0.05) is 18.5 Å². The molecule has 0 spiro atoms. The van der Waals surface area contributed by atoms with Crippen molar-refractivity contribution in [1.29, 1.82) is 0 Å². The molecule has 0 saturated carbocycles. The molecule has 1 aromatic rings. The van der Waals surface area contributed by atoms with Crippen LogP contribution in [-0.2, 0) is 20.5 Å². The summed E-state index contributed by atoms with van der Waals surface area (Å²) in [4.78, 5) is 36.2. The number of ether oxygens (including phenoxy) is 1. The van der Waals surface area contributed by atoms with Crippen LogP contribution in [0.2, 0.25) is 0 Å². The zero-order chi connectivity index (χ0) is 21.8. The molecule has 1 aliphatic heterocycles. The molecule has 0 bridgehead atoms. The van der Waals surface area contributed by atoms with Crippen molar-refractivity contribution in [3.05, 3.63) is 35.4 Å². The SMILES string of the molecule is CC(CCNC(=O)c1ccc(C(F)(F)F)cc1)CC(=O)NC1(C)C(=O)COC1C. The van der Waals surface area contributed by atoms with E-state index in [1.165, 1.54) is 0 Å². The smallest absolute Gasteiger partial charge is 0.368 e. The van der Waals surface area contributed by atoms with Gasteiger partial charge in [-0.1, -0.05) is 6.92 Å². The van der Waals surface area contributed by atoms with Gasteiger partial charge in [-0.2, -0.15) is 13.2 Å². The van der Waals surface area contributed by atoms with E-state index in [1.54, 1.807) is 13.8 Å². The van der Waals surface area contributed by atoms with Gasteiger partial charge in [-0.05, 0) is 50.5 Å². The van der Waals surface area contributed by atoms with Crippen LogP contribution in [0.5, 0.6) is 0 Å². The lowest BCUT2D eigenvalue weighted by Crippen LogP contribution is -2.55. The number of amides is 2. The Morgan fingerprint density at radius 3 is 2.41 bits per heavy atom. The van der Waals surface area contributed by atoms with Crippen LogP contribution in [0, 0.1) is 5.92 Å². The molecule has 0 radical (unpaired) electrons. The first-order valence-electron chi connectivity index (χ1n) is 9.35. The average Bonchev–Trinajstić information content (AvgIpc) is 2.88. The fraction of sp³-hybridized carbons (Fsp3) is 0.550. The molecule has 2 rings (SSSR count). The second kappa shape index (κ2) is 8.94. The van der Waals surface area contributed by atoms with Crippen molar-refractivity contribution in [2.24, 2.45) is 5.92 Å². The van der Waals surface area contributed by atoms with Crippen molar-refractivity contribution in [3.63, 3.8) is 0 Å². The van der Waals surface area contributed by atoms with Gasteiger partial charge in [-0.3, -0.25) is 14.4 Å². The van der Waals surface area contributed by atoms with Crippen LogP contribution in [0.3, 0.4) is 0 Å². The molecule has 29 heavy (non-hydrogen) atoms. The first kappa shape index (κ1) is 22.9. The largest absolute Gasteiger partial charge is 0.416 e. The Balaban J connectivity index is 1.76. The minimum atomic E-state index is -4.45. The molecule has 0 aromatic heterocycles. The van der Waals surface area contributed by atoms with E-state index in [0.29, 0.717) is 6.42 Å². The highest BCUT2D eigenvalue weighted by Gasteiger charge is 2.46. The summed E-state index contributed by atoms with van der Waals surface area (Å²) in [6.07, 6.45) is -4.19. The predicted molar refractivity (Wildman–Crippen MR) is 99.1 cm³/mol. The van der Waals surface area contributed by atoms with E-state index in [-0.39, 0.29) is 42.7 Å². The van der Waals surface area contributed by atoms with Gasteiger partial charge in [0.05, 0.1) is 11.7 Å². The zero-order valence-corrected chi connectivity index (χ0v) is 16.6. The van der Waals surface area contributed by atoms with Crippen LogP contribution in [-0.4, -0.2) is 42.4 Å². The number of hydrogen-bond donors (Lipinski definition) is 2. The van der Waals surface area contributed by atoms with E-state index in [4.69, 9.17) is 4.74 Å². The zero-order valence-electron chi connectivity index (χ0n) is 16.6. The third-order valence-electron chi connectivity index (χ3n) is 5.19. The van der Waals surface area contributed by atoms with Crippen molar-refractivity contribution in [3.8, 4) is 0 Å². The van der Waals surface area contributed by atoms with Crippen molar-refractivity contribution >= 4 is 17.6 Å². The van der Waals surface area contributed by atoms with Crippen LogP contribution in [0.4, 0.5) is 13.2 Å². The number of ketones is 1. The quantitative estimate of drug-likeness (QED) is 0.719. The van der Waals surface area contributed by atoms with E-state index in [9.17, 15) is 27.6 Å². The van der Waals surface area contributed by atoms with Crippen molar-refractivity contribution in [1.82, 2.24) is 10.6 Å². The number of nitrogens with one attached hydrogen (secondary N) is 2. The Hall–Kier alpha value is -2.42. The number of benzene rings is 1. The molecular weight excluding hydrogens is 389 g/mol. The second-order valence-corrected chi connectivity index (χ2v) is 7.56. The van der Waals surface area contributed by atoms with Crippen LogP contribution in [0.1, 0.15) is 49.5 Å². The summed E-state index contributed by atoms with van der Waals surface area (Å²) in [6.45, 7) is 5.45. The lowest BCUT2D eigenvalue weighted by atomic mass is 9.92. The number of halogens is 3. The topological polar surface area (TPSA) is 84.5 Å². The van der Waals surface area contributed by atoms with Gasteiger partial charge in [-0.25, -0.2) is 0 Å². The first-order valence-corrected chi connectivity index (χ1v) is 9.35. The van der Waals surface area contributed by atoms with E-state index < -0.39 is 29.3 Å². The maximum absolute atomic E-state index is 12.6. The van der Waals surface area contributed by atoms with Gasteiger partial charge >= 0.3 is 6.18 Å². The Morgan fingerprint density at radius 1 is 1.28 bits per heavy atom. The average molecular weight is 414 g/mol. The minimum absolute atomic E-state index is 0.0243. The summed E-state index contributed by atoms with van der Waals surface area (Å²) >= 11 is 0. The molecule has 2 N–H and O–H groups in total. The summed E-state index contributed by atoms with van der Waals surface area (Å²) < 4.78 is 42.9. The number of Topliss-reactive ketones (excluding diaryl/α,β-unsaturated/α-hetero) is 1. The van der Waals surface area contributed by atoms with Gasteiger partial charge in [0.15, 0.2) is 5.78 Å². The molecular formula is C20H25F3N2O4. The van der Waals surface area contributed by atoms with Crippen LogP contribution in [0.25, 0.3) is 0 Å². The van der Waals surface area contributed by atoms with Crippen molar-refractivity contribution in [2.45, 2.75) is 51.4 Å². The van der Waals surface area contributed by atoms with Gasteiger partial charge in [0.2, 0.25) is 5.91 Å². The van der Waals surface area contributed by atoms with Crippen LogP contribution < -0.4 is 10.6 Å². The van der Waals surface area contributed by atoms with Crippen LogP contribution in [0.15, 0.2) is 24.3 Å². The van der Waals surface area contributed by atoms with Gasteiger partial charge < -0.3 is 15.4 Å². The molecule has 0 aliphatic carbocycles. The maximum Gasteiger partial charge on any atom is 0.416 e. The van der Waals surface area contributed by atoms with E-state index >= 15 is 0 Å². The maximum atomic E-state index is 12.6. The molecule has 1 fully saturated rings. The summed E-state index contributed by atoms with van der Waals surface area (Å²) in [7, 11) is 0. The molecule has 160 valence electrons. The highest BCUT2D eigenvalue weighted by molar-refractivity contribution is 5.95. The fourth-order valence-corrected chi connectivity index (χ4v) is 3.02. The molecule has 2 amide bonds. The molecule has 6 nitrogen and oxygen atoms in total. The third-order valence-corrected chi connectivity index (χ3v) is 5.19. The van der Waals surface area contributed by atoms with E-state index in [2.05, 4.69) is 10.6 Å². The normalized spacial score (nSPS) is 23.0. The highest BCUT2D eigenvalue weighted by atomic mass is 19.4. The van der Waals surface area contributed by atoms with Crippen molar-refractivity contribution < 1.29 is 32.3 Å². The lowest BCUT2D eigenvalue weighted by Gasteiger charge is -2.27. The fourth-order valence-electron chi connectivity index (χ4n) is 3.02. The van der Waals surface area contributed by atoms with Crippen LogP contribution >= 0.6 is 0 Å². The Morgan fingerprint density at radius 2 is 1.90 bits per heavy atom. The number of carbonyl (C=O) groups is 3. The highest BCUT2D eigenvalue weighted by Crippen LogP contribution is 2.29. The Bertz CT molecular complexity index is 764. The summed E-state index contributed by atoms with van der Waals surface area (Å²) in [6, 6.07) is 3.96. The van der Waals surface area contributed by atoms with E-state index in [0.717, 1.165) is 24.3 Å². The number of rotatable bonds is 7. The summed E-state index contributed by atoms with van der Waals surface area (Å²) in [5.41, 5.74) is -1.72. The number of hydrogen-bond acceptors (Lipinski definition) is 4. The Labute approximate surface area is 167 Å². The van der Waals surface area contributed by atoms with Gasteiger partial charge in [0.25, 0.3) is 5.91 Å². The van der Waals surface area contributed by atoms with Gasteiger partial charge in [0.1, 0.15) is 12.1 Å². The molecule has 3 unspecified atom stereocenters.